The zero-order valence-corrected chi connectivity index (χ0v) is 32.1. The Kier molecular flexibility index (Phi) is 10.7. The first-order valence-corrected chi connectivity index (χ1v) is 20.7. The largest absolute Gasteiger partial charge is 0.508 e. The Bertz CT molecular complexity index is 1840. The third-order valence-corrected chi connectivity index (χ3v) is 13.5. The van der Waals surface area contributed by atoms with Crippen LogP contribution in [0.5, 0.6) is 5.75 Å². The van der Waals surface area contributed by atoms with E-state index in [0.29, 0.717) is 42.0 Å². The molecule has 54 heavy (non-hydrogen) atoms. The van der Waals surface area contributed by atoms with E-state index >= 15 is 0 Å². The van der Waals surface area contributed by atoms with E-state index in [2.05, 4.69) is 76.3 Å². The van der Waals surface area contributed by atoms with E-state index in [-0.39, 0.29) is 24.1 Å². The predicted octanol–water partition coefficient (Wildman–Crippen LogP) is 6.71. The van der Waals surface area contributed by atoms with Crippen LogP contribution in [0.2, 0.25) is 0 Å². The zero-order chi connectivity index (χ0) is 37.3. The number of carbonyl (C=O) groups is 3. The standard InChI is InChI=1S/C45H57N5O4/c1-3-30(4-2)25-34-6-5-33-27-38(51)12-14-39(33)43(34)32-7-9-36(10-8-32)48-19-17-31(18-20-48)28-47-21-23-49(24-22-47)37-11-13-40-35(26-37)29-50(45(40)54)41-15-16-42(52)46-44(41)53/h7-14,26-27,30-31,34,41,43,51H,3-6,15-25,28-29H2,1-2H3,(H,46,52,53)/t34-,41-,43+/m0/s1. The number of hydrogen-bond acceptors (Lipinski definition) is 7. The number of aromatic hydroxyl groups is 1. The van der Waals surface area contributed by atoms with Gasteiger partial charge in [-0.1, -0.05) is 44.9 Å². The number of piperidine rings is 2. The lowest BCUT2D eigenvalue weighted by Crippen LogP contribution is -2.52. The molecule has 1 aliphatic carbocycles. The summed E-state index contributed by atoms with van der Waals surface area (Å²) in [4.78, 5) is 46.5. The fourth-order valence-corrected chi connectivity index (χ4v) is 10.2. The summed E-state index contributed by atoms with van der Waals surface area (Å²) in [6.45, 7) is 12.4. The van der Waals surface area contributed by atoms with Crippen molar-refractivity contribution in [1.82, 2.24) is 15.1 Å². The van der Waals surface area contributed by atoms with Crippen LogP contribution in [-0.2, 0) is 22.6 Å². The fourth-order valence-electron chi connectivity index (χ4n) is 10.2. The minimum absolute atomic E-state index is 0.117. The number of phenolic OH excluding ortho intramolecular Hbond substituents is 1. The van der Waals surface area contributed by atoms with Crippen LogP contribution in [0, 0.1) is 17.8 Å². The van der Waals surface area contributed by atoms with Crippen LogP contribution in [0.15, 0.2) is 60.7 Å². The van der Waals surface area contributed by atoms with Crippen molar-refractivity contribution in [2.75, 3.05) is 55.6 Å². The molecule has 2 N–H and O–H groups in total. The number of rotatable bonds is 10. The number of nitrogens with zero attached hydrogens (tertiary/aromatic N) is 4. The Hall–Kier alpha value is -4.37. The third-order valence-electron chi connectivity index (χ3n) is 13.5. The van der Waals surface area contributed by atoms with Gasteiger partial charge in [0.05, 0.1) is 0 Å². The lowest BCUT2D eigenvalue weighted by molar-refractivity contribution is -0.136. The Morgan fingerprint density at radius 2 is 1.48 bits per heavy atom. The third kappa shape index (κ3) is 7.48. The number of fused-ring (bicyclic) bond motifs is 2. The van der Waals surface area contributed by atoms with Gasteiger partial charge in [-0.2, -0.15) is 0 Å². The van der Waals surface area contributed by atoms with Gasteiger partial charge in [0.1, 0.15) is 11.8 Å². The van der Waals surface area contributed by atoms with E-state index < -0.39 is 6.04 Å². The molecule has 4 heterocycles. The van der Waals surface area contributed by atoms with Crippen molar-refractivity contribution in [2.24, 2.45) is 17.8 Å². The number of aryl methyl sites for hydroxylation is 1. The topological polar surface area (TPSA) is 96.4 Å². The molecule has 5 aliphatic rings. The van der Waals surface area contributed by atoms with Crippen LogP contribution < -0.4 is 15.1 Å². The second kappa shape index (κ2) is 15.8. The molecule has 4 aliphatic heterocycles. The Labute approximate surface area is 320 Å². The molecule has 3 aromatic rings. The van der Waals surface area contributed by atoms with E-state index in [4.69, 9.17) is 0 Å². The average molecular weight is 732 g/mol. The van der Waals surface area contributed by atoms with E-state index in [9.17, 15) is 19.5 Å². The van der Waals surface area contributed by atoms with Crippen molar-refractivity contribution < 1.29 is 19.5 Å². The molecule has 286 valence electrons. The number of nitrogens with one attached hydrogen (secondary N) is 1. The molecule has 0 spiro atoms. The maximum absolute atomic E-state index is 13.2. The summed E-state index contributed by atoms with van der Waals surface area (Å²) >= 11 is 0. The number of phenols is 1. The van der Waals surface area contributed by atoms with E-state index in [0.717, 1.165) is 69.4 Å². The van der Waals surface area contributed by atoms with Crippen molar-refractivity contribution in [3.8, 4) is 5.75 Å². The molecule has 3 aromatic carbocycles. The maximum atomic E-state index is 13.2. The molecule has 9 heteroatoms. The molecule has 0 radical (unpaired) electrons. The summed E-state index contributed by atoms with van der Waals surface area (Å²) in [7, 11) is 0. The minimum atomic E-state index is -0.582. The molecule has 0 aromatic heterocycles. The molecule has 3 saturated heterocycles. The predicted molar refractivity (Wildman–Crippen MR) is 213 cm³/mol. The normalized spacial score (nSPS) is 23.9. The zero-order valence-electron chi connectivity index (χ0n) is 32.1. The van der Waals surface area contributed by atoms with Gasteiger partial charge in [-0.25, -0.2) is 0 Å². The van der Waals surface area contributed by atoms with Crippen LogP contribution in [0.1, 0.15) is 104 Å². The SMILES string of the molecule is CCC(CC)C[C@@H]1CCc2cc(O)ccc2[C@@H]1c1ccc(N2CCC(CN3CCN(c4ccc5c(c4)CN([C@H]4CCC(=O)NC4=O)C5=O)CC3)CC2)cc1. The molecule has 9 nitrogen and oxygen atoms in total. The summed E-state index contributed by atoms with van der Waals surface area (Å²) in [5.74, 6) is 2.12. The van der Waals surface area contributed by atoms with Crippen molar-refractivity contribution >= 4 is 29.1 Å². The van der Waals surface area contributed by atoms with Crippen molar-refractivity contribution in [1.29, 1.82) is 0 Å². The van der Waals surface area contributed by atoms with E-state index in [1.807, 2.05) is 18.2 Å². The number of imide groups is 1. The average Bonchev–Trinajstić information content (AvgIpc) is 3.52. The van der Waals surface area contributed by atoms with Gasteiger partial charge < -0.3 is 19.8 Å². The quantitative estimate of drug-likeness (QED) is 0.224. The van der Waals surface area contributed by atoms with Crippen molar-refractivity contribution in [2.45, 2.75) is 90.1 Å². The van der Waals surface area contributed by atoms with Gasteiger partial charge in [-0.15, -0.1) is 0 Å². The minimum Gasteiger partial charge on any atom is -0.508 e. The molecule has 0 unspecified atom stereocenters. The smallest absolute Gasteiger partial charge is 0.255 e. The number of piperazine rings is 1. The Morgan fingerprint density at radius 3 is 2.20 bits per heavy atom. The van der Waals surface area contributed by atoms with Gasteiger partial charge in [0, 0.05) is 81.6 Å². The molecule has 3 fully saturated rings. The lowest BCUT2D eigenvalue weighted by Gasteiger charge is -2.40. The van der Waals surface area contributed by atoms with Crippen LogP contribution in [0.4, 0.5) is 11.4 Å². The van der Waals surface area contributed by atoms with Gasteiger partial charge in [0.2, 0.25) is 11.8 Å². The van der Waals surface area contributed by atoms with Gasteiger partial charge in [0.25, 0.3) is 5.91 Å². The first kappa shape index (κ1) is 36.6. The van der Waals surface area contributed by atoms with Crippen molar-refractivity contribution in [3.63, 3.8) is 0 Å². The number of benzene rings is 3. The first-order chi connectivity index (χ1) is 26.3. The van der Waals surface area contributed by atoms with E-state index in [1.165, 1.54) is 60.9 Å². The maximum Gasteiger partial charge on any atom is 0.255 e. The molecular weight excluding hydrogens is 675 g/mol. The number of carbonyl (C=O) groups excluding carboxylic acids is 3. The van der Waals surface area contributed by atoms with Gasteiger partial charge in [0.15, 0.2) is 0 Å². The summed E-state index contributed by atoms with van der Waals surface area (Å²) in [6.07, 6.45) is 9.06. The summed E-state index contributed by atoms with van der Waals surface area (Å²) in [6, 6.07) is 21.1. The molecule has 0 saturated carbocycles. The monoisotopic (exact) mass is 731 g/mol. The number of anilines is 2. The summed E-state index contributed by atoms with van der Waals surface area (Å²) in [5, 5.41) is 12.6. The van der Waals surface area contributed by atoms with E-state index in [1.54, 1.807) is 4.90 Å². The number of amides is 3. The highest BCUT2D eigenvalue weighted by Gasteiger charge is 2.39. The molecule has 3 atom stereocenters. The fraction of sp³-hybridized carbons (Fsp3) is 0.533. The molecule has 8 rings (SSSR count). The van der Waals surface area contributed by atoms with Crippen LogP contribution in [0.3, 0.4) is 0 Å². The summed E-state index contributed by atoms with van der Waals surface area (Å²) in [5.41, 5.74) is 8.24. The van der Waals surface area contributed by atoms with Crippen molar-refractivity contribution in [3.05, 3.63) is 88.5 Å². The molecular formula is C45H57N5O4. The Balaban J connectivity index is 0.830. The van der Waals surface area contributed by atoms with Gasteiger partial charge in [-0.3, -0.25) is 24.6 Å². The first-order valence-electron chi connectivity index (χ1n) is 20.7. The lowest BCUT2D eigenvalue weighted by atomic mass is 9.68. The second-order valence-corrected chi connectivity index (χ2v) is 16.6. The van der Waals surface area contributed by atoms with Crippen LogP contribution in [0.25, 0.3) is 0 Å². The van der Waals surface area contributed by atoms with Gasteiger partial charge >= 0.3 is 0 Å². The highest BCUT2D eigenvalue weighted by Crippen LogP contribution is 2.45. The second-order valence-electron chi connectivity index (χ2n) is 16.6. The highest BCUT2D eigenvalue weighted by molar-refractivity contribution is 6.05. The van der Waals surface area contributed by atoms with Crippen LogP contribution in [-0.4, -0.2) is 84.5 Å². The Morgan fingerprint density at radius 1 is 0.759 bits per heavy atom. The summed E-state index contributed by atoms with van der Waals surface area (Å²) < 4.78 is 0. The van der Waals surface area contributed by atoms with Crippen LogP contribution >= 0.6 is 0 Å². The molecule has 0 bridgehead atoms. The van der Waals surface area contributed by atoms with Gasteiger partial charge in [-0.05, 0) is 121 Å². The highest BCUT2D eigenvalue weighted by atomic mass is 16.3. The molecule has 3 amide bonds. The number of hydrogen-bond donors (Lipinski definition) is 2.